The number of aliphatic hydroxyl groups is 2. The summed E-state index contributed by atoms with van der Waals surface area (Å²) in [6.07, 6.45) is -4.06. The first-order valence-corrected chi connectivity index (χ1v) is 4.22. The molecule has 1 saturated heterocycles. The molecule has 1 rings (SSSR count). The predicted molar refractivity (Wildman–Crippen MR) is 44.3 cm³/mol. The minimum Gasteiger partial charge on any atom is -0.467 e. The molecule has 14 heavy (non-hydrogen) atoms. The Bertz CT molecular complexity index is 206. The zero-order valence-electron chi connectivity index (χ0n) is 8.04. The van der Waals surface area contributed by atoms with Crippen LogP contribution in [0.2, 0.25) is 0 Å². The number of hydrogen-bond donors (Lipinski definition) is 2. The smallest absolute Gasteiger partial charge is 0.335 e. The van der Waals surface area contributed by atoms with Gasteiger partial charge in [-0.15, -0.1) is 0 Å². The minimum atomic E-state index is -1.14. The first kappa shape index (κ1) is 11.4. The second-order valence-electron chi connectivity index (χ2n) is 3.05. The second kappa shape index (κ2) is 4.70. The monoisotopic (exact) mass is 206 g/mol. The molecule has 1 heterocycles. The van der Waals surface area contributed by atoms with Gasteiger partial charge >= 0.3 is 5.97 Å². The van der Waals surface area contributed by atoms with Gasteiger partial charge in [0, 0.05) is 13.5 Å². The van der Waals surface area contributed by atoms with Gasteiger partial charge in [0.15, 0.2) is 12.4 Å². The van der Waals surface area contributed by atoms with E-state index in [0.717, 1.165) is 0 Å². The molecule has 2 N–H and O–H groups in total. The van der Waals surface area contributed by atoms with Crippen molar-refractivity contribution >= 4 is 5.97 Å². The van der Waals surface area contributed by atoms with Crippen LogP contribution in [0.15, 0.2) is 0 Å². The van der Waals surface area contributed by atoms with Crippen LogP contribution in [-0.2, 0) is 19.0 Å². The Labute approximate surface area is 81.4 Å². The summed E-state index contributed by atoms with van der Waals surface area (Å²) in [4.78, 5) is 11.1. The summed E-state index contributed by atoms with van der Waals surface area (Å²) in [5.41, 5.74) is 0. The summed E-state index contributed by atoms with van der Waals surface area (Å²) < 4.78 is 14.3. The number of ether oxygens (including phenoxy) is 3. The van der Waals surface area contributed by atoms with Gasteiger partial charge in [-0.2, -0.15) is 0 Å². The molecular weight excluding hydrogens is 192 g/mol. The number of rotatable bonds is 2. The molecular formula is C8H14O6. The maximum absolute atomic E-state index is 11.1. The molecule has 0 aromatic rings. The Balaban J connectivity index is 2.62. The van der Waals surface area contributed by atoms with Crippen LogP contribution >= 0.6 is 0 Å². The minimum absolute atomic E-state index is 0.00764. The Morgan fingerprint density at radius 3 is 2.57 bits per heavy atom. The largest absolute Gasteiger partial charge is 0.467 e. The van der Waals surface area contributed by atoms with Crippen molar-refractivity contribution in [2.45, 2.75) is 31.0 Å². The van der Waals surface area contributed by atoms with E-state index in [0.29, 0.717) is 0 Å². The lowest BCUT2D eigenvalue weighted by Crippen LogP contribution is -2.51. The number of esters is 1. The Morgan fingerprint density at radius 2 is 2.07 bits per heavy atom. The molecule has 1 aliphatic heterocycles. The highest BCUT2D eigenvalue weighted by atomic mass is 16.7. The van der Waals surface area contributed by atoms with Crippen LogP contribution < -0.4 is 0 Å². The average molecular weight is 206 g/mol. The van der Waals surface area contributed by atoms with Crippen molar-refractivity contribution in [3.8, 4) is 0 Å². The lowest BCUT2D eigenvalue weighted by atomic mass is 10.0. The molecule has 0 aliphatic carbocycles. The third-order valence-corrected chi connectivity index (χ3v) is 2.12. The fourth-order valence-corrected chi connectivity index (χ4v) is 1.32. The highest BCUT2D eigenvalue weighted by Crippen LogP contribution is 2.21. The standard InChI is InChI=1S/C8H14O6/c1-12-7(11)5-3-4(9)6(10)8(13-2)14-5/h4-6,8-10H,3H2,1-2H3/t4-,5-,6-,8-/m0/s1. The molecule has 1 aliphatic rings. The van der Waals surface area contributed by atoms with E-state index in [4.69, 9.17) is 9.47 Å². The molecule has 0 bridgehead atoms. The molecule has 4 atom stereocenters. The predicted octanol–water partition coefficient (Wildman–Crippen LogP) is -1.36. The summed E-state index contributed by atoms with van der Waals surface area (Å²) >= 11 is 0. The van der Waals surface area contributed by atoms with Crippen LogP contribution in [0.5, 0.6) is 0 Å². The molecule has 0 spiro atoms. The zero-order chi connectivity index (χ0) is 10.7. The summed E-state index contributed by atoms with van der Waals surface area (Å²) in [7, 11) is 2.55. The third-order valence-electron chi connectivity index (χ3n) is 2.12. The van der Waals surface area contributed by atoms with Crippen LogP contribution in [-0.4, -0.2) is 55.0 Å². The van der Waals surface area contributed by atoms with Gasteiger partial charge < -0.3 is 24.4 Å². The van der Waals surface area contributed by atoms with Gasteiger partial charge in [-0.1, -0.05) is 0 Å². The summed E-state index contributed by atoms with van der Waals surface area (Å²) in [6, 6.07) is 0. The van der Waals surface area contributed by atoms with Crippen LogP contribution in [0.1, 0.15) is 6.42 Å². The zero-order valence-corrected chi connectivity index (χ0v) is 8.04. The number of aliphatic hydroxyl groups excluding tert-OH is 2. The molecule has 0 radical (unpaired) electrons. The van der Waals surface area contributed by atoms with E-state index in [2.05, 4.69) is 4.74 Å². The van der Waals surface area contributed by atoms with E-state index in [1.165, 1.54) is 14.2 Å². The topological polar surface area (TPSA) is 85.2 Å². The average Bonchev–Trinajstić information content (AvgIpc) is 2.20. The molecule has 0 aromatic carbocycles. The second-order valence-corrected chi connectivity index (χ2v) is 3.05. The van der Waals surface area contributed by atoms with Gasteiger partial charge in [0.05, 0.1) is 13.2 Å². The molecule has 0 aromatic heterocycles. The van der Waals surface area contributed by atoms with Crippen LogP contribution in [0.4, 0.5) is 0 Å². The Morgan fingerprint density at radius 1 is 1.43 bits per heavy atom. The molecule has 0 saturated carbocycles. The van der Waals surface area contributed by atoms with E-state index >= 15 is 0 Å². The van der Waals surface area contributed by atoms with E-state index in [1.54, 1.807) is 0 Å². The van der Waals surface area contributed by atoms with Crippen molar-refractivity contribution in [1.82, 2.24) is 0 Å². The van der Waals surface area contributed by atoms with Crippen molar-refractivity contribution in [3.05, 3.63) is 0 Å². The summed E-state index contributed by atoms with van der Waals surface area (Å²) in [5, 5.41) is 18.7. The van der Waals surface area contributed by atoms with E-state index in [-0.39, 0.29) is 6.42 Å². The van der Waals surface area contributed by atoms with Crippen molar-refractivity contribution in [3.63, 3.8) is 0 Å². The van der Waals surface area contributed by atoms with Crippen molar-refractivity contribution in [1.29, 1.82) is 0 Å². The molecule has 6 nitrogen and oxygen atoms in total. The Hall–Kier alpha value is -0.690. The van der Waals surface area contributed by atoms with Gasteiger partial charge in [0.2, 0.25) is 0 Å². The van der Waals surface area contributed by atoms with Gasteiger partial charge in [-0.25, -0.2) is 4.79 Å². The Kier molecular flexibility index (Phi) is 3.82. The van der Waals surface area contributed by atoms with Crippen LogP contribution in [0, 0.1) is 0 Å². The quantitative estimate of drug-likeness (QED) is 0.543. The number of carbonyl (C=O) groups excluding carboxylic acids is 1. The van der Waals surface area contributed by atoms with Gasteiger partial charge in [0.1, 0.15) is 6.10 Å². The highest BCUT2D eigenvalue weighted by molar-refractivity contribution is 5.74. The molecule has 6 heteroatoms. The molecule has 0 amide bonds. The maximum atomic E-state index is 11.1. The van der Waals surface area contributed by atoms with Crippen molar-refractivity contribution in [2.75, 3.05) is 14.2 Å². The SMILES string of the molecule is COC(=O)[C@@H]1C[C@H](O)[C@H](O)[C@@H](OC)O1. The van der Waals surface area contributed by atoms with E-state index in [9.17, 15) is 15.0 Å². The maximum Gasteiger partial charge on any atom is 0.335 e. The van der Waals surface area contributed by atoms with Crippen LogP contribution in [0.25, 0.3) is 0 Å². The molecule has 0 unspecified atom stereocenters. The number of hydrogen-bond acceptors (Lipinski definition) is 6. The molecule has 1 fully saturated rings. The lowest BCUT2D eigenvalue weighted by molar-refractivity contribution is -0.258. The normalized spacial score (nSPS) is 38.0. The van der Waals surface area contributed by atoms with Gasteiger partial charge in [-0.3, -0.25) is 0 Å². The van der Waals surface area contributed by atoms with E-state index in [1.807, 2.05) is 0 Å². The fourth-order valence-electron chi connectivity index (χ4n) is 1.32. The first-order valence-electron chi connectivity index (χ1n) is 4.22. The van der Waals surface area contributed by atoms with Crippen molar-refractivity contribution in [2.24, 2.45) is 0 Å². The summed E-state index contributed by atoms with van der Waals surface area (Å²) in [6.45, 7) is 0. The van der Waals surface area contributed by atoms with Crippen LogP contribution in [0.3, 0.4) is 0 Å². The number of methoxy groups -OCH3 is 2. The lowest BCUT2D eigenvalue weighted by Gasteiger charge is -2.34. The van der Waals surface area contributed by atoms with Crippen molar-refractivity contribution < 1.29 is 29.2 Å². The number of carbonyl (C=O) groups is 1. The van der Waals surface area contributed by atoms with E-state index < -0.39 is 30.6 Å². The molecule has 82 valence electrons. The highest BCUT2D eigenvalue weighted by Gasteiger charge is 2.40. The van der Waals surface area contributed by atoms with Gasteiger partial charge in [-0.05, 0) is 0 Å². The summed E-state index contributed by atoms with van der Waals surface area (Å²) in [5.74, 6) is -0.585. The fraction of sp³-hybridized carbons (Fsp3) is 0.875. The first-order chi connectivity index (χ1) is 6.60. The van der Waals surface area contributed by atoms with Gasteiger partial charge in [0.25, 0.3) is 0 Å². The third kappa shape index (κ3) is 2.21.